The molecule has 0 aromatic carbocycles. The lowest BCUT2D eigenvalue weighted by atomic mass is 10.3. The first-order chi connectivity index (χ1) is 7.04. The Morgan fingerprint density at radius 1 is 1.47 bits per heavy atom. The van der Waals surface area contributed by atoms with Gasteiger partial charge in [0, 0.05) is 11.3 Å². The van der Waals surface area contributed by atoms with E-state index in [2.05, 4.69) is 9.72 Å². The fraction of sp³-hybridized carbons (Fsp3) is 0.667. The summed E-state index contributed by atoms with van der Waals surface area (Å²) in [6.07, 6.45) is -1.96. The summed E-state index contributed by atoms with van der Waals surface area (Å²) in [6.45, 7) is -1.25. The predicted octanol–water partition coefficient (Wildman–Crippen LogP) is 3.10. The predicted molar refractivity (Wildman–Crippen MR) is 49.8 cm³/mol. The van der Waals surface area contributed by atoms with Gasteiger partial charge in [0.2, 0.25) is 0 Å². The van der Waals surface area contributed by atoms with Crippen molar-refractivity contribution in [1.29, 1.82) is 0 Å². The Balaban J connectivity index is 1.78. The van der Waals surface area contributed by atoms with Gasteiger partial charge in [0.15, 0.2) is 0 Å². The lowest BCUT2D eigenvalue weighted by molar-refractivity contribution is -0.176. The lowest BCUT2D eigenvalue weighted by Crippen LogP contribution is -2.16. The van der Waals surface area contributed by atoms with E-state index < -0.39 is 12.8 Å². The topological polar surface area (TPSA) is 22.1 Å². The molecule has 6 heteroatoms. The van der Waals surface area contributed by atoms with E-state index in [1.165, 1.54) is 11.3 Å². The second-order valence-corrected chi connectivity index (χ2v) is 4.49. The van der Waals surface area contributed by atoms with Crippen molar-refractivity contribution >= 4 is 11.3 Å². The lowest BCUT2D eigenvalue weighted by Gasteiger charge is -2.05. The molecule has 0 atom stereocenters. The average Bonchev–Trinajstić information content (AvgIpc) is 2.86. The van der Waals surface area contributed by atoms with Gasteiger partial charge in [-0.25, -0.2) is 4.98 Å². The summed E-state index contributed by atoms with van der Waals surface area (Å²) in [5.41, 5.74) is 1.01. The molecular formula is C9H10F3NOS. The fourth-order valence-electron chi connectivity index (χ4n) is 1.21. The highest BCUT2D eigenvalue weighted by atomic mass is 32.1. The van der Waals surface area contributed by atoms with Crippen LogP contribution in [0, 0.1) is 0 Å². The second-order valence-electron chi connectivity index (χ2n) is 3.55. The zero-order valence-corrected chi connectivity index (χ0v) is 8.70. The number of aromatic nitrogens is 1. The van der Waals surface area contributed by atoms with E-state index in [4.69, 9.17) is 0 Å². The van der Waals surface area contributed by atoms with Gasteiger partial charge in [-0.15, -0.1) is 11.3 Å². The summed E-state index contributed by atoms with van der Waals surface area (Å²) < 4.78 is 39.8. The van der Waals surface area contributed by atoms with Crippen LogP contribution < -0.4 is 0 Å². The number of hydrogen-bond donors (Lipinski definition) is 0. The Labute approximate surface area is 89.1 Å². The zero-order chi connectivity index (χ0) is 10.9. The number of alkyl halides is 3. The molecule has 0 amide bonds. The largest absolute Gasteiger partial charge is 0.411 e. The first-order valence-corrected chi connectivity index (χ1v) is 5.51. The molecule has 0 aliphatic heterocycles. The Morgan fingerprint density at radius 3 is 2.80 bits per heavy atom. The summed E-state index contributed by atoms with van der Waals surface area (Å²) in [7, 11) is 0. The fourth-order valence-corrected chi connectivity index (χ4v) is 2.02. The minimum atomic E-state index is -4.25. The molecule has 0 bridgehead atoms. The molecule has 1 fully saturated rings. The average molecular weight is 237 g/mol. The maximum Gasteiger partial charge on any atom is 0.411 e. The number of nitrogens with zero attached hydrogens (tertiary/aromatic N) is 1. The molecular weight excluding hydrogens is 227 g/mol. The highest BCUT2D eigenvalue weighted by Crippen LogP contribution is 2.40. The van der Waals surface area contributed by atoms with Gasteiger partial charge in [0.1, 0.15) is 11.6 Å². The Hall–Kier alpha value is -0.620. The van der Waals surface area contributed by atoms with Crippen LogP contribution in [-0.2, 0) is 11.3 Å². The van der Waals surface area contributed by atoms with Crippen molar-refractivity contribution in [2.24, 2.45) is 0 Å². The number of ether oxygens (including phenoxy) is 1. The molecule has 84 valence electrons. The summed E-state index contributed by atoms with van der Waals surface area (Å²) in [5, 5.41) is 2.53. The summed E-state index contributed by atoms with van der Waals surface area (Å²) in [4.78, 5) is 4.22. The smallest absolute Gasteiger partial charge is 0.365 e. The maximum absolute atomic E-state index is 11.8. The van der Waals surface area contributed by atoms with Crippen LogP contribution in [0.1, 0.15) is 29.5 Å². The van der Waals surface area contributed by atoms with Gasteiger partial charge in [-0.3, -0.25) is 0 Å². The van der Waals surface area contributed by atoms with Gasteiger partial charge in [-0.2, -0.15) is 13.2 Å². The molecule has 1 aromatic heterocycles. The van der Waals surface area contributed by atoms with E-state index in [1.807, 2.05) is 5.38 Å². The van der Waals surface area contributed by atoms with Gasteiger partial charge in [-0.05, 0) is 12.8 Å². The maximum atomic E-state index is 11.8. The van der Waals surface area contributed by atoms with Gasteiger partial charge in [-0.1, -0.05) is 0 Å². The van der Waals surface area contributed by atoms with E-state index in [1.54, 1.807) is 0 Å². The summed E-state index contributed by atoms with van der Waals surface area (Å²) in [5.74, 6) is 0.539. The quantitative estimate of drug-likeness (QED) is 0.802. The second kappa shape index (κ2) is 4.09. The van der Waals surface area contributed by atoms with Crippen molar-refractivity contribution in [3.8, 4) is 0 Å². The SMILES string of the molecule is FC(F)(F)COCc1nc(C2CC2)cs1. The first kappa shape index (κ1) is 10.9. The Kier molecular flexibility index (Phi) is 2.97. The molecule has 0 saturated heterocycles. The van der Waals surface area contributed by atoms with Crippen LogP contribution in [0.25, 0.3) is 0 Å². The van der Waals surface area contributed by atoms with Crippen molar-refractivity contribution < 1.29 is 17.9 Å². The molecule has 15 heavy (non-hydrogen) atoms. The van der Waals surface area contributed by atoms with Crippen LogP contribution in [0.4, 0.5) is 13.2 Å². The first-order valence-electron chi connectivity index (χ1n) is 4.63. The third-order valence-electron chi connectivity index (χ3n) is 2.06. The third kappa shape index (κ3) is 3.46. The normalized spacial score (nSPS) is 17.0. The zero-order valence-electron chi connectivity index (χ0n) is 7.88. The van der Waals surface area contributed by atoms with Crippen molar-refractivity contribution in [2.45, 2.75) is 31.5 Å². The van der Waals surface area contributed by atoms with Crippen molar-refractivity contribution in [3.63, 3.8) is 0 Å². The van der Waals surface area contributed by atoms with Crippen LogP contribution in [-0.4, -0.2) is 17.8 Å². The number of thiazole rings is 1. The summed E-state index contributed by atoms with van der Waals surface area (Å²) in [6, 6.07) is 0. The molecule has 1 aliphatic carbocycles. The minimum absolute atomic E-state index is 0.0447. The number of halogens is 3. The van der Waals surface area contributed by atoms with E-state index in [9.17, 15) is 13.2 Å². The van der Waals surface area contributed by atoms with Gasteiger partial charge in [0.25, 0.3) is 0 Å². The standard InChI is InChI=1S/C9H10F3NOS/c10-9(11,12)5-14-3-8-13-7(4-15-8)6-1-2-6/h4,6H,1-3,5H2. The van der Waals surface area contributed by atoms with Crippen molar-refractivity contribution in [1.82, 2.24) is 4.98 Å². The Morgan fingerprint density at radius 2 is 2.20 bits per heavy atom. The highest BCUT2D eigenvalue weighted by molar-refractivity contribution is 7.09. The van der Waals surface area contributed by atoms with E-state index in [-0.39, 0.29) is 6.61 Å². The molecule has 0 spiro atoms. The molecule has 2 nitrogen and oxygen atoms in total. The molecule has 0 N–H and O–H groups in total. The van der Waals surface area contributed by atoms with Crippen LogP contribution in [0.15, 0.2) is 5.38 Å². The molecule has 1 saturated carbocycles. The molecule has 1 aliphatic rings. The van der Waals surface area contributed by atoms with E-state index in [0.717, 1.165) is 18.5 Å². The van der Waals surface area contributed by atoms with Gasteiger partial charge < -0.3 is 4.74 Å². The van der Waals surface area contributed by atoms with Crippen molar-refractivity contribution in [2.75, 3.05) is 6.61 Å². The molecule has 2 rings (SSSR count). The molecule has 1 aromatic rings. The molecule has 1 heterocycles. The Bertz CT molecular complexity index is 332. The van der Waals surface area contributed by atoms with E-state index in [0.29, 0.717) is 10.9 Å². The minimum Gasteiger partial charge on any atom is -0.365 e. The highest BCUT2D eigenvalue weighted by Gasteiger charge is 2.28. The van der Waals surface area contributed by atoms with Crippen LogP contribution in [0.3, 0.4) is 0 Å². The number of rotatable bonds is 4. The van der Waals surface area contributed by atoms with Crippen molar-refractivity contribution in [3.05, 3.63) is 16.1 Å². The van der Waals surface area contributed by atoms with Gasteiger partial charge in [0.05, 0.1) is 12.3 Å². The van der Waals surface area contributed by atoms with Crippen LogP contribution >= 0.6 is 11.3 Å². The van der Waals surface area contributed by atoms with E-state index >= 15 is 0 Å². The summed E-state index contributed by atoms with van der Waals surface area (Å²) >= 11 is 1.36. The molecule has 0 unspecified atom stereocenters. The van der Waals surface area contributed by atoms with Gasteiger partial charge >= 0.3 is 6.18 Å². The van der Waals surface area contributed by atoms with Crippen LogP contribution in [0.5, 0.6) is 0 Å². The number of hydrogen-bond acceptors (Lipinski definition) is 3. The third-order valence-corrected chi connectivity index (χ3v) is 2.90. The van der Waals surface area contributed by atoms with Crippen LogP contribution in [0.2, 0.25) is 0 Å². The monoisotopic (exact) mass is 237 g/mol. The molecule has 0 radical (unpaired) electrons.